The Bertz CT molecular complexity index is 989. The average Bonchev–Trinajstić information content (AvgIpc) is 3.04. The lowest BCUT2D eigenvalue weighted by Gasteiger charge is -2.31. The van der Waals surface area contributed by atoms with Crippen LogP contribution in [0.5, 0.6) is 0 Å². The number of rotatable bonds is 10. The minimum Gasteiger partial charge on any atom is -0.382 e. The lowest BCUT2D eigenvalue weighted by atomic mass is 10.0. The van der Waals surface area contributed by atoms with Crippen molar-refractivity contribution < 1.29 is 19.1 Å². The zero-order chi connectivity index (χ0) is 23.9. The second-order valence-corrected chi connectivity index (χ2v) is 9.69. The molecule has 1 aromatic carbocycles. The number of hydrogen-bond acceptors (Lipinski definition) is 6. The van der Waals surface area contributed by atoms with Gasteiger partial charge in [-0.1, -0.05) is 30.0 Å². The third-order valence-electron chi connectivity index (χ3n) is 6.52. The summed E-state index contributed by atoms with van der Waals surface area (Å²) in [4.78, 5) is 31.1. The summed E-state index contributed by atoms with van der Waals surface area (Å²) in [6.07, 6.45) is 1.57. The van der Waals surface area contributed by atoms with Gasteiger partial charge in [0, 0.05) is 69.5 Å². The number of morpholine rings is 1. The van der Waals surface area contributed by atoms with Crippen LogP contribution in [-0.2, 0) is 26.1 Å². The van der Waals surface area contributed by atoms with Gasteiger partial charge in [-0.15, -0.1) is 0 Å². The Morgan fingerprint density at radius 1 is 1.21 bits per heavy atom. The molecule has 8 nitrogen and oxygen atoms in total. The predicted molar refractivity (Wildman–Crippen MR) is 134 cm³/mol. The van der Waals surface area contributed by atoms with E-state index in [2.05, 4.69) is 26.9 Å². The maximum atomic E-state index is 13.6. The topological polar surface area (TPSA) is 76.0 Å². The Morgan fingerprint density at radius 3 is 2.79 bits per heavy atom. The van der Waals surface area contributed by atoms with E-state index < -0.39 is 6.04 Å². The van der Waals surface area contributed by atoms with E-state index in [0.717, 1.165) is 67.2 Å². The van der Waals surface area contributed by atoms with Gasteiger partial charge in [0.1, 0.15) is 6.04 Å². The van der Waals surface area contributed by atoms with Gasteiger partial charge in [0.15, 0.2) is 0 Å². The van der Waals surface area contributed by atoms with Crippen LogP contribution in [0.15, 0.2) is 29.3 Å². The van der Waals surface area contributed by atoms with Crippen LogP contribution in [0, 0.1) is 0 Å². The smallest absolute Gasteiger partial charge is 0.247 e. The standard InChI is InChI=1S/C25H36N4O4S/c1-3-32-15-6-10-26-24(31)23-22-19-8-4-5-9-20(19)27(2)25(22)34-18-21(30)29(23)12-7-11-28-13-16-33-17-14-28/h4-5,8-9,23H,3,6-7,10-18H2,1-2H3,(H,26,31). The number of carbonyl (C=O) groups excluding carboxylic acids is 2. The van der Waals surface area contributed by atoms with E-state index in [9.17, 15) is 9.59 Å². The number of thioether (sulfide) groups is 1. The van der Waals surface area contributed by atoms with Crippen molar-refractivity contribution >= 4 is 34.5 Å². The SMILES string of the molecule is CCOCCCNC(=O)C1c2c(n(C)c3ccccc23)SCC(=O)N1CCCN1CCOCC1. The zero-order valence-electron chi connectivity index (χ0n) is 20.3. The van der Waals surface area contributed by atoms with Crippen molar-refractivity contribution in [2.24, 2.45) is 7.05 Å². The van der Waals surface area contributed by atoms with Crippen LogP contribution in [0.4, 0.5) is 0 Å². The van der Waals surface area contributed by atoms with E-state index in [4.69, 9.17) is 9.47 Å². The molecule has 1 N–H and O–H groups in total. The highest BCUT2D eigenvalue weighted by Crippen LogP contribution is 2.41. The first-order valence-corrected chi connectivity index (χ1v) is 13.3. The molecule has 1 saturated heterocycles. The highest BCUT2D eigenvalue weighted by atomic mass is 32.2. The van der Waals surface area contributed by atoms with Gasteiger partial charge >= 0.3 is 0 Å². The fraction of sp³-hybridized carbons (Fsp3) is 0.600. The first kappa shape index (κ1) is 25.0. The molecule has 4 rings (SSSR count). The second-order valence-electron chi connectivity index (χ2n) is 8.72. The van der Waals surface area contributed by atoms with Crippen molar-refractivity contribution in [2.45, 2.75) is 30.8 Å². The Balaban J connectivity index is 1.59. The lowest BCUT2D eigenvalue weighted by Crippen LogP contribution is -2.45. The van der Waals surface area contributed by atoms with Crippen molar-refractivity contribution in [3.63, 3.8) is 0 Å². The van der Waals surface area contributed by atoms with E-state index in [0.29, 0.717) is 32.1 Å². The number of para-hydroxylation sites is 1. The van der Waals surface area contributed by atoms with Gasteiger partial charge in [0.25, 0.3) is 0 Å². The minimum atomic E-state index is -0.639. The first-order valence-electron chi connectivity index (χ1n) is 12.3. The molecule has 2 aromatic rings. The molecular weight excluding hydrogens is 452 g/mol. The summed E-state index contributed by atoms with van der Waals surface area (Å²) in [7, 11) is 2.02. The van der Waals surface area contributed by atoms with Crippen LogP contribution in [0.1, 0.15) is 31.4 Å². The molecule has 34 heavy (non-hydrogen) atoms. The Kier molecular flexibility index (Phi) is 8.88. The number of fused-ring (bicyclic) bond motifs is 3. The third kappa shape index (κ3) is 5.59. The van der Waals surface area contributed by atoms with E-state index in [1.54, 1.807) is 0 Å². The molecule has 2 amide bonds. The zero-order valence-corrected chi connectivity index (χ0v) is 21.1. The van der Waals surface area contributed by atoms with Gasteiger partial charge in [-0.2, -0.15) is 0 Å². The first-order chi connectivity index (χ1) is 16.6. The molecule has 0 aliphatic carbocycles. The molecule has 3 heterocycles. The number of hydrogen-bond donors (Lipinski definition) is 1. The van der Waals surface area contributed by atoms with Gasteiger partial charge in [-0.05, 0) is 25.8 Å². The van der Waals surface area contributed by atoms with Crippen LogP contribution in [-0.4, -0.2) is 91.1 Å². The monoisotopic (exact) mass is 488 g/mol. The second kappa shape index (κ2) is 12.1. The van der Waals surface area contributed by atoms with Crippen molar-refractivity contribution in [3.05, 3.63) is 29.8 Å². The molecule has 186 valence electrons. The van der Waals surface area contributed by atoms with Crippen molar-refractivity contribution in [3.8, 4) is 0 Å². The Hall–Kier alpha value is -2.07. The molecule has 0 bridgehead atoms. The summed E-state index contributed by atoms with van der Waals surface area (Å²) in [5.74, 6) is 0.237. The fourth-order valence-corrected chi connectivity index (χ4v) is 5.89. The molecule has 2 aliphatic rings. The van der Waals surface area contributed by atoms with Gasteiger partial charge in [0.2, 0.25) is 11.8 Å². The van der Waals surface area contributed by atoms with Crippen LogP contribution >= 0.6 is 11.8 Å². The average molecular weight is 489 g/mol. The summed E-state index contributed by atoms with van der Waals surface area (Å²) in [5.41, 5.74) is 2.03. The predicted octanol–water partition coefficient (Wildman–Crippen LogP) is 2.42. The van der Waals surface area contributed by atoms with Crippen LogP contribution in [0.2, 0.25) is 0 Å². The molecule has 0 radical (unpaired) electrons. The molecule has 1 unspecified atom stereocenters. The number of ether oxygens (including phenoxy) is 2. The lowest BCUT2D eigenvalue weighted by molar-refractivity contribution is -0.139. The van der Waals surface area contributed by atoms with Crippen LogP contribution in [0.25, 0.3) is 10.9 Å². The van der Waals surface area contributed by atoms with E-state index in [-0.39, 0.29) is 11.8 Å². The molecule has 0 saturated carbocycles. The fourth-order valence-electron chi connectivity index (χ4n) is 4.79. The molecule has 0 spiro atoms. The maximum Gasteiger partial charge on any atom is 0.247 e. The minimum absolute atomic E-state index is 0.0155. The highest BCUT2D eigenvalue weighted by Gasteiger charge is 2.38. The number of carbonyl (C=O) groups is 2. The summed E-state index contributed by atoms with van der Waals surface area (Å²) in [6, 6.07) is 7.51. The molecule has 1 atom stereocenters. The largest absolute Gasteiger partial charge is 0.382 e. The Morgan fingerprint density at radius 2 is 2.00 bits per heavy atom. The van der Waals surface area contributed by atoms with Gasteiger partial charge in [-0.25, -0.2) is 0 Å². The summed E-state index contributed by atoms with van der Waals surface area (Å²) in [5, 5.41) is 5.12. The van der Waals surface area contributed by atoms with Crippen molar-refractivity contribution in [1.82, 2.24) is 19.7 Å². The molecule has 1 fully saturated rings. The number of aromatic nitrogens is 1. The molecule has 1 aromatic heterocycles. The van der Waals surface area contributed by atoms with Crippen molar-refractivity contribution in [1.29, 1.82) is 0 Å². The molecule has 2 aliphatic heterocycles. The summed E-state index contributed by atoms with van der Waals surface area (Å²) in [6.45, 7) is 8.56. The van der Waals surface area contributed by atoms with Crippen LogP contribution < -0.4 is 5.32 Å². The van der Waals surface area contributed by atoms with E-state index in [1.165, 1.54) is 11.8 Å². The van der Waals surface area contributed by atoms with E-state index >= 15 is 0 Å². The summed E-state index contributed by atoms with van der Waals surface area (Å²) >= 11 is 1.54. The number of aryl methyl sites for hydroxylation is 1. The highest BCUT2D eigenvalue weighted by molar-refractivity contribution is 8.00. The van der Waals surface area contributed by atoms with Gasteiger partial charge in [0.05, 0.1) is 24.0 Å². The summed E-state index contributed by atoms with van der Waals surface area (Å²) < 4.78 is 13.0. The third-order valence-corrected chi connectivity index (χ3v) is 7.68. The van der Waals surface area contributed by atoms with Gasteiger partial charge in [-0.3, -0.25) is 14.5 Å². The molecular formula is C25H36N4O4S. The quantitative estimate of drug-likeness (QED) is 0.518. The molecule has 9 heteroatoms. The number of nitrogens with zero attached hydrogens (tertiary/aromatic N) is 3. The van der Waals surface area contributed by atoms with E-state index in [1.807, 2.05) is 31.0 Å². The number of benzene rings is 1. The van der Waals surface area contributed by atoms with Gasteiger partial charge < -0.3 is 24.3 Å². The Labute approximate surface area is 205 Å². The van der Waals surface area contributed by atoms with Crippen LogP contribution in [0.3, 0.4) is 0 Å². The van der Waals surface area contributed by atoms with Crippen molar-refractivity contribution in [2.75, 3.05) is 64.9 Å². The number of nitrogens with one attached hydrogen (secondary N) is 1. The maximum absolute atomic E-state index is 13.6. The number of amides is 2. The normalized spacial score (nSPS) is 19.3.